The monoisotopic (exact) mass is 304 g/mol. The van der Waals surface area contributed by atoms with Crippen molar-refractivity contribution in [3.05, 3.63) is 77.9 Å². The van der Waals surface area contributed by atoms with Crippen LogP contribution >= 0.6 is 0 Å². The molecule has 0 aromatic heterocycles. The van der Waals surface area contributed by atoms with Crippen LogP contribution in [0.15, 0.2) is 71.8 Å². The standard InChI is InChI=1S/C20H20N2O/c1-15(12-13-16-8-4-2-5-9-16)21-22-20(23)19-14-18(19)17-10-6-3-7-11-17/h2-13,18-19H,14H2,1H3,(H,22,23)/b13-12+,21-15-. The summed E-state index contributed by atoms with van der Waals surface area (Å²) in [7, 11) is 0. The zero-order valence-electron chi connectivity index (χ0n) is 13.1. The average molecular weight is 304 g/mol. The van der Waals surface area contributed by atoms with Crippen LogP contribution in [0.3, 0.4) is 0 Å². The molecule has 0 saturated heterocycles. The second kappa shape index (κ2) is 7.05. The fraction of sp³-hybridized carbons (Fsp3) is 0.200. The lowest BCUT2D eigenvalue weighted by Crippen LogP contribution is -2.21. The third kappa shape index (κ3) is 4.16. The zero-order valence-corrected chi connectivity index (χ0v) is 13.1. The number of allylic oxidation sites excluding steroid dienone is 1. The van der Waals surface area contributed by atoms with Gasteiger partial charge in [0.25, 0.3) is 0 Å². The average Bonchev–Trinajstić information content (AvgIpc) is 3.40. The van der Waals surface area contributed by atoms with Gasteiger partial charge in [0.05, 0.1) is 5.71 Å². The van der Waals surface area contributed by atoms with Crippen LogP contribution < -0.4 is 5.43 Å². The van der Waals surface area contributed by atoms with Gasteiger partial charge in [-0.3, -0.25) is 4.79 Å². The molecule has 0 spiro atoms. The SMILES string of the molecule is CC(/C=C/c1ccccc1)=N/NC(=O)C1CC1c1ccccc1. The first-order chi connectivity index (χ1) is 11.2. The first-order valence-electron chi connectivity index (χ1n) is 7.86. The van der Waals surface area contributed by atoms with Gasteiger partial charge in [0.1, 0.15) is 0 Å². The molecule has 2 atom stereocenters. The van der Waals surface area contributed by atoms with E-state index in [0.29, 0.717) is 5.92 Å². The maximum absolute atomic E-state index is 12.1. The fourth-order valence-corrected chi connectivity index (χ4v) is 2.60. The molecule has 3 rings (SSSR count). The normalized spacial score (nSPS) is 20.5. The molecule has 3 heteroatoms. The van der Waals surface area contributed by atoms with Crippen LogP contribution in [-0.4, -0.2) is 11.6 Å². The summed E-state index contributed by atoms with van der Waals surface area (Å²) in [5.74, 6) is 0.393. The van der Waals surface area contributed by atoms with Gasteiger partial charge in [-0.15, -0.1) is 0 Å². The van der Waals surface area contributed by atoms with Crippen LogP contribution in [0.1, 0.15) is 30.4 Å². The molecule has 1 aliphatic rings. The molecular formula is C20H20N2O. The maximum Gasteiger partial charge on any atom is 0.243 e. The van der Waals surface area contributed by atoms with Gasteiger partial charge in [-0.2, -0.15) is 5.10 Å². The molecule has 0 radical (unpaired) electrons. The van der Waals surface area contributed by atoms with Gasteiger partial charge < -0.3 is 0 Å². The molecule has 1 fully saturated rings. The Labute approximate surface area is 136 Å². The molecule has 2 aromatic rings. The van der Waals surface area contributed by atoms with E-state index in [9.17, 15) is 4.79 Å². The van der Waals surface area contributed by atoms with Gasteiger partial charge >= 0.3 is 0 Å². The summed E-state index contributed by atoms with van der Waals surface area (Å²) in [6.45, 7) is 1.88. The van der Waals surface area contributed by atoms with E-state index < -0.39 is 0 Å². The van der Waals surface area contributed by atoms with E-state index in [1.807, 2.05) is 67.6 Å². The molecule has 0 aliphatic heterocycles. The molecule has 23 heavy (non-hydrogen) atoms. The predicted molar refractivity (Wildman–Crippen MR) is 94.0 cm³/mol. The minimum Gasteiger partial charge on any atom is -0.273 e. The van der Waals surface area contributed by atoms with E-state index in [-0.39, 0.29) is 11.8 Å². The summed E-state index contributed by atoms with van der Waals surface area (Å²) >= 11 is 0. The molecule has 1 N–H and O–H groups in total. The summed E-state index contributed by atoms with van der Waals surface area (Å²) < 4.78 is 0. The van der Waals surface area contributed by atoms with E-state index in [2.05, 4.69) is 22.7 Å². The predicted octanol–water partition coefficient (Wildman–Crippen LogP) is 4.00. The summed E-state index contributed by atoms with van der Waals surface area (Å²) in [6.07, 6.45) is 4.79. The molecule has 116 valence electrons. The van der Waals surface area contributed by atoms with Crippen molar-refractivity contribution in [3.63, 3.8) is 0 Å². The first-order valence-corrected chi connectivity index (χ1v) is 7.86. The number of benzene rings is 2. The number of nitrogens with zero attached hydrogens (tertiary/aromatic N) is 1. The van der Waals surface area contributed by atoms with Gasteiger partial charge in [0.2, 0.25) is 5.91 Å². The van der Waals surface area contributed by atoms with E-state index in [1.54, 1.807) is 0 Å². The number of hydrogen-bond donors (Lipinski definition) is 1. The lowest BCUT2D eigenvalue weighted by atomic mass is 10.1. The highest BCUT2D eigenvalue weighted by atomic mass is 16.2. The molecule has 1 amide bonds. The Hall–Kier alpha value is -2.68. The third-order valence-electron chi connectivity index (χ3n) is 4.01. The number of amides is 1. The smallest absolute Gasteiger partial charge is 0.243 e. The summed E-state index contributed by atoms with van der Waals surface area (Å²) in [5.41, 5.74) is 5.80. The van der Waals surface area contributed by atoms with Crippen molar-refractivity contribution < 1.29 is 4.79 Å². The first kappa shape index (κ1) is 15.2. The number of carbonyl (C=O) groups is 1. The second-order valence-corrected chi connectivity index (χ2v) is 5.83. The number of hydrazone groups is 1. The Balaban J connectivity index is 1.52. The van der Waals surface area contributed by atoms with Crippen molar-refractivity contribution in [1.82, 2.24) is 5.43 Å². The van der Waals surface area contributed by atoms with Gasteiger partial charge in [0, 0.05) is 5.92 Å². The molecule has 2 unspecified atom stereocenters. The van der Waals surface area contributed by atoms with Crippen molar-refractivity contribution in [3.8, 4) is 0 Å². The Morgan fingerprint density at radius 2 is 1.74 bits per heavy atom. The van der Waals surface area contributed by atoms with Crippen molar-refractivity contribution in [2.24, 2.45) is 11.0 Å². The highest BCUT2D eigenvalue weighted by Gasteiger charge is 2.43. The summed E-state index contributed by atoms with van der Waals surface area (Å²) in [5, 5.41) is 4.16. The van der Waals surface area contributed by atoms with Gasteiger partial charge in [-0.1, -0.05) is 66.7 Å². The van der Waals surface area contributed by atoms with Gasteiger partial charge in [-0.25, -0.2) is 5.43 Å². The molecule has 1 aliphatic carbocycles. The molecule has 1 saturated carbocycles. The topological polar surface area (TPSA) is 41.5 Å². The van der Waals surface area contributed by atoms with Gasteiger partial charge in [0.15, 0.2) is 0 Å². The van der Waals surface area contributed by atoms with Crippen LogP contribution in [0.2, 0.25) is 0 Å². The maximum atomic E-state index is 12.1. The van der Waals surface area contributed by atoms with Crippen molar-refractivity contribution >= 4 is 17.7 Å². The third-order valence-corrected chi connectivity index (χ3v) is 4.01. The molecule has 0 bridgehead atoms. The van der Waals surface area contributed by atoms with Crippen molar-refractivity contribution in [2.45, 2.75) is 19.3 Å². The van der Waals surface area contributed by atoms with Crippen LogP contribution in [0.4, 0.5) is 0 Å². The quantitative estimate of drug-likeness (QED) is 0.658. The van der Waals surface area contributed by atoms with Crippen molar-refractivity contribution in [1.29, 1.82) is 0 Å². The van der Waals surface area contributed by atoms with Crippen LogP contribution in [0.5, 0.6) is 0 Å². The minimum absolute atomic E-state index is 0.00585. The summed E-state index contributed by atoms with van der Waals surface area (Å²) in [4.78, 5) is 12.1. The molecule has 2 aromatic carbocycles. The van der Waals surface area contributed by atoms with E-state index in [0.717, 1.165) is 17.7 Å². The number of hydrogen-bond acceptors (Lipinski definition) is 2. The molecule has 3 nitrogen and oxygen atoms in total. The lowest BCUT2D eigenvalue weighted by molar-refractivity contribution is -0.122. The minimum atomic E-state index is 0.00585. The van der Waals surface area contributed by atoms with E-state index in [4.69, 9.17) is 0 Å². The van der Waals surface area contributed by atoms with Gasteiger partial charge in [-0.05, 0) is 36.5 Å². The lowest BCUT2D eigenvalue weighted by Gasteiger charge is -2.01. The van der Waals surface area contributed by atoms with Crippen LogP contribution in [0, 0.1) is 5.92 Å². The molecular weight excluding hydrogens is 284 g/mol. The molecule has 0 heterocycles. The van der Waals surface area contributed by atoms with Crippen LogP contribution in [-0.2, 0) is 4.79 Å². The highest BCUT2D eigenvalue weighted by molar-refractivity contribution is 5.97. The largest absolute Gasteiger partial charge is 0.273 e. The Bertz CT molecular complexity index is 720. The Morgan fingerprint density at radius 1 is 1.09 bits per heavy atom. The Morgan fingerprint density at radius 3 is 2.43 bits per heavy atom. The van der Waals surface area contributed by atoms with Crippen molar-refractivity contribution in [2.75, 3.05) is 0 Å². The number of carbonyl (C=O) groups excluding carboxylic acids is 1. The number of rotatable bonds is 5. The van der Waals surface area contributed by atoms with Crippen LogP contribution in [0.25, 0.3) is 6.08 Å². The number of nitrogens with one attached hydrogen (secondary N) is 1. The summed E-state index contributed by atoms with van der Waals surface area (Å²) in [6, 6.07) is 20.2. The zero-order chi connectivity index (χ0) is 16.1. The van der Waals surface area contributed by atoms with E-state index >= 15 is 0 Å². The fourth-order valence-electron chi connectivity index (χ4n) is 2.60. The Kier molecular flexibility index (Phi) is 4.67. The second-order valence-electron chi connectivity index (χ2n) is 5.83. The highest BCUT2D eigenvalue weighted by Crippen LogP contribution is 2.47. The van der Waals surface area contributed by atoms with E-state index in [1.165, 1.54) is 5.56 Å².